The summed E-state index contributed by atoms with van der Waals surface area (Å²) in [6.45, 7) is 2.25. The van der Waals surface area contributed by atoms with Crippen LogP contribution in [0.15, 0.2) is 12.2 Å². The lowest BCUT2D eigenvalue weighted by atomic mass is 10.1. The quantitative estimate of drug-likeness (QED) is 0.240. The van der Waals surface area contributed by atoms with E-state index < -0.39 is 0 Å². The molecule has 0 atom stereocenters. The number of alkyl halides is 1. The molecule has 0 heterocycles. The van der Waals surface area contributed by atoms with Gasteiger partial charge in [0.2, 0.25) is 0 Å². The van der Waals surface area contributed by atoms with Crippen molar-refractivity contribution >= 4 is 22.6 Å². The zero-order chi connectivity index (χ0) is 9.78. The minimum absolute atomic E-state index is 1.28. The molecule has 0 radical (unpaired) electrons. The highest BCUT2D eigenvalue weighted by Gasteiger charge is 1.86. The Morgan fingerprint density at radius 2 is 1.46 bits per heavy atom. The monoisotopic (exact) mass is 294 g/mol. The minimum atomic E-state index is 1.28. The molecule has 0 unspecified atom stereocenters. The third kappa shape index (κ3) is 12.5. The molecule has 0 amide bonds. The molecule has 0 aromatic rings. The zero-order valence-electron chi connectivity index (χ0n) is 8.90. The van der Waals surface area contributed by atoms with Crippen LogP contribution in [0.25, 0.3) is 0 Å². The largest absolute Gasteiger partial charge is 0.0885 e. The highest BCUT2D eigenvalue weighted by Crippen LogP contribution is 2.05. The van der Waals surface area contributed by atoms with Crippen molar-refractivity contribution in [1.29, 1.82) is 0 Å². The zero-order valence-corrected chi connectivity index (χ0v) is 11.1. The summed E-state index contributed by atoms with van der Waals surface area (Å²) in [5.41, 5.74) is 0. The van der Waals surface area contributed by atoms with Gasteiger partial charge in [-0.2, -0.15) is 0 Å². The van der Waals surface area contributed by atoms with E-state index in [-0.39, 0.29) is 0 Å². The van der Waals surface area contributed by atoms with Crippen molar-refractivity contribution in [3.05, 3.63) is 12.2 Å². The smallest absolute Gasteiger partial charge is 0.000473 e. The summed E-state index contributed by atoms with van der Waals surface area (Å²) in [7, 11) is 0. The second-order valence-corrected chi connectivity index (χ2v) is 4.58. The Balaban J connectivity index is 2.93. The van der Waals surface area contributed by atoms with E-state index in [0.717, 1.165) is 0 Å². The molecular formula is C12H23I. The van der Waals surface area contributed by atoms with Crippen molar-refractivity contribution in [1.82, 2.24) is 0 Å². The molecule has 1 heteroatoms. The highest BCUT2D eigenvalue weighted by molar-refractivity contribution is 14.1. The summed E-state index contributed by atoms with van der Waals surface area (Å²) in [6.07, 6.45) is 15.6. The summed E-state index contributed by atoms with van der Waals surface area (Å²) in [6, 6.07) is 0. The van der Waals surface area contributed by atoms with E-state index in [1.165, 1.54) is 55.8 Å². The molecule has 0 rings (SSSR count). The maximum Gasteiger partial charge on any atom is -0.000473 e. The lowest BCUT2D eigenvalue weighted by molar-refractivity contribution is 0.680. The van der Waals surface area contributed by atoms with Crippen molar-refractivity contribution in [2.24, 2.45) is 0 Å². The first-order chi connectivity index (χ1) is 6.41. The molecule has 78 valence electrons. The topological polar surface area (TPSA) is 0 Å². The Bertz CT molecular complexity index is 108. The molecule has 0 saturated carbocycles. The van der Waals surface area contributed by atoms with Crippen LogP contribution in [0.2, 0.25) is 0 Å². The maximum absolute atomic E-state index is 2.46. The molecule has 0 aliphatic heterocycles. The Kier molecular flexibility index (Phi) is 12.9. The summed E-state index contributed by atoms with van der Waals surface area (Å²) >= 11 is 2.46. The van der Waals surface area contributed by atoms with Crippen LogP contribution in [-0.4, -0.2) is 4.43 Å². The van der Waals surface area contributed by atoms with Gasteiger partial charge < -0.3 is 0 Å². The van der Waals surface area contributed by atoms with Crippen molar-refractivity contribution in [3.63, 3.8) is 0 Å². The highest BCUT2D eigenvalue weighted by atomic mass is 127. The van der Waals surface area contributed by atoms with Gasteiger partial charge in [-0.05, 0) is 30.1 Å². The summed E-state index contributed by atoms with van der Waals surface area (Å²) < 4.78 is 1.32. The summed E-state index contributed by atoms with van der Waals surface area (Å²) in [4.78, 5) is 0. The van der Waals surface area contributed by atoms with E-state index in [2.05, 4.69) is 41.7 Å². The molecule has 0 aromatic carbocycles. The molecule has 0 aliphatic carbocycles. The van der Waals surface area contributed by atoms with E-state index in [1.54, 1.807) is 0 Å². The first kappa shape index (κ1) is 13.5. The Morgan fingerprint density at radius 1 is 0.846 bits per heavy atom. The van der Waals surface area contributed by atoms with E-state index in [1.807, 2.05) is 0 Å². The first-order valence-corrected chi connectivity index (χ1v) is 7.15. The van der Waals surface area contributed by atoms with E-state index in [9.17, 15) is 0 Å². The number of hydrogen-bond donors (Lipinski definition) is 0. The normalized spacial score (nSPS) is 11.2. The fourth-order valence-electron chi connectivity index (χ4n) is 1.27. The van der Waals surface area contributed by atoms with Crippen LogP contribution in [0.5, 0.6) is 0 Å². The van der Waals surface area contributed by atoms with Gasteiger partial charge in [0.05, 0.1) is 0 Å². The average Bonchev–Trinajstić information content (AvgIpc) is 2.16. The van der Waals surface area contributed by atoms with Crippen molar-refractivity contribution < 1.29 is 0 Å². The van der Waals surface area contributed by atoms with Gasteiger partial charge in [0.25, 0.3) is 0 Å². The van der Waals surface area contributed by atoms with Gasteiger partial charge in [-0.3, -0.25) is 0 Å². The van der Waals surface area contributed by atoms with Gasteiger partial charge in [-0.25, -0.2) is 0 Å². The Labute approximate surface area is 97.3 Å². The number of rotatable bonds is 9. The molecule has 0 N–H and O–H groups in total. The summed E-state index contributed by atoms with van der Waals surface area (Å²) in [5.74, 6) is 0. The van der Waals surface area contributed by atoms with Crippen molar-refractivity contribution in [2.45, 2.75) is 58.3 Å². The Hall–Kier alpha value is 0.470. The number of unbranched alkanes of at least 4 members (excludes halogenated alkanes) is 6. The van der Waals surface area contributed by atoms with E-state index in [0.29, 0.717) is 0 Å². The van der Waals surface area contributed by atoms with Gasteiger partial charge in [0.1, 0.15) is 0 Å². The molecule has 0 fully saturated rings. The van der Waals surface area contributed by atoms with Gasteiger partial charge >= 0.3 is 0 Å². The second-order valence-electron chi connectivity index (χ2n) is 3.51. The van der Waals surface area contributed by atoms with Crippen LogP contribution in [0.1, 0.15) is 58.3 Å². The van der Waals surface area contributed by atoms with Gasteiger partial charge in [-0.15, -0.1) is 0 Å². The molecular weight excluding hydrogens is 271 g/mol. The molecule has 13 heavy (non-hydrogen) atoms. The fourth-order valence-corrected chi connectivity index (χ4v) is 1.81. The molecule has 0 aromatic heterocycles. The molecule has 0 nitrogen and oxygen atoms in total. The van der Waals surface area contributed by atoms with Crippen LogP contribution in [0.3, 0.4) is 0 Å². The molecule has 0 aliphatic rings. The second kappa shape index (κ2) is 12.5. The maximum atomic E-state index is 2.46. The predicted octanol–water partition coefficient (Wildman–Crippen LogP) is 5.12. The first-order valence-electron chi connectivity index (χ1n) is 5.62. The summed E-state index contributed by atoms with van der Waals surface area (Å²) in [5, 5.41) is 0. The standard InChI is InChI=1S/C12H23I/c1-2-3-4-5-6-7-8-9-10-11-12-13/h5-6H,2-4,7-12H2,1H3/b6-5-. The van der Waals surface area contributed by atoms with E-state index >= 15 is 0 Å². The molecule has 0 bridgehead atoms. The number of allylic oxidation sites excluding steroid dienone is 2. The third-order valence-corrected chi connectivity index (χ3v) is 2.91. The predicted molar refractivity (Wildman–Crippen MR) is 70.6 cm³/mol. The van der Waals surface area contributed by atoms with Crippen molar-refractivity contribution in [2.75, 3.05) is 4.43 Å². The van der Waals surface area contributed by atoms with Crippen LogP contribution in [0, 0.1) is 0 Å². The van der Waals surface area contributed by atoms with Gasteiger partial charge in [0.15, 0.2) is 0 Å². The number of hydrogen-bond acceptors (Lipinski definition) is 0. The molecule has 0 saturated heterocycles. The van der Waals surface area contributed by atoms with Crippen LogP contribution >= 0.6 is 22.6 Å². The van der Waals surface area contributed by atoms with Crippen LogP contribution in [-0.2, 0) is 0 Å². The molecule has 0 spiro atoms. The van der Waals surface area contributed by atoms with Crippen molar-refractivity contribution in [3.8, 4) is 0 Å². The third-order valence-electron chi connectivity index (χ3n) is 2.15. The SMILES string of the molecule is CCCC/C=C\CCCCCCI. The van der Waals surface area contributed by atoms with Gasteiger partial charge in [-0.1, -0.05) is 67.3 Å². The Morgan fingerprint density at radius 3 is 2.08 bits per heavy atom. The minimum Gasteiger partial charge on any atom is -0.0885 e. The van der Waals surface area contributed by atoms with E-state index in [4.69, 9.17) is 0 Å². The van der Waals surface area contributed by atoms with Crippen LogP contribution in [0.4, 0.5) is 0 Å². The fraction of sp³-hybridized carbons (Fsp3) is 0.833. The van der Waals surface area contributed by atoms with Gasteiger partial charge in [0, 0.05) is 0 Å². The lowest BCUT2D eigenvalue weighted by Crippen LogP contribution is -1.77. The number of halogens is 1. The average molecular weight is 294 g/mol. The lowest BCUT2D eigenvalue weighted by Gasteiger charge is -1.95. The van der Waals surface area contributed by atoms with Crippen LogP contribution < -0.4 is 0 Å².